The molecule has 0 aliphatic rings. The number of carbonyl (C=O) groups is 2. The number of aromatic nitrogens is 3. The second kappa shape index (κ2) is 8.81. The van der Waals surface area contributed by atoms with Crippen LogP contribution in [0.25, 0.3) is 22.2 Å². The fourth-order valence-corrected chi connectivity index (χ4v) is 4.25. The van der Waals surface area contributed by atoms with Crippen molar-refractivity contribution in [2.24, 2.45) is 12.8 Å². The zero-order valence-electron chi connectivity index (χ0n) is 19.2. The van der Waals surface area contributed by atoms with Crippen LogP contribution in [0.5, 0.6) is 5.75 Å². The number of amides is 1. The van der Waals surface area contributed by atoms with E-state index in [2.05, 4.69) is 24.6 Å². The van der Waals surface area contributed by atoms with Crippen LogP contribution in [0.2, 0.25) is 25.7 Å². The molecule has 0 bridgehead atoms. The third-order valence-electron chi connectivity index (χ3n) is 5.34. The molecule has 0 fully saturated rings. The number of benzene rings is 1. The van der Waals surface area contributed by atoms with Gasteiger partial charge in [-0.2, -0.15) is 0 Å². The molecule has 11 heteroatoms. The first-order valence-electron chi connectivity index (χ1n) is 10.3. The number of carboxylic acid groups (broad SMARTS) is 1. The van der Waals surface area contributed by atoms with Gasteiger partial charge in [0.15, 0.2) is 0 Å². The molecule has 3 N–H and O–H groups in total. The molecule has 0 saturated carbocycles. The minimum atomic E-state index is -1.43. The molecule has 0 aliphatic carbocycles. The number of carbonyl (C=O) groups excluding carboxylic acids is 1. The highest BCUT2D eigenvalue weighted by atomic mass is 28.3. The van der Waals surface area contributed by atoms with Gasteiger partial charge in [0.2, 0.25) is 0 Å². The number of carboxylic acids is 1. The molecule has 0 spiro atoms. The Morgan fingerprint density at radius 2 is 1.94 bits per heavy atom. The SMILES string of the molecule is Cc1c(F)c(-c2cn(CC(=O)O)c3ncn(C)c(=O)c23)cc(C(N)=O)c1OCC[Si](C)(C)C. The van der Waals surface area contributed by atoms with Gasteiger partial charge in [0.05, 0.1) is 23.9 Å². The van der Waals surface area contributed by atoms with Gasteiger partial charge in [-0.15, -0.1) is 0 Å². The average Bonchev–Trinajstić information content (AvgIpc) is 3.05. The summed E-state index contributed by atoms with van der Waals surface area (Å²) in [6.45, 7) is 7.83. The summed E-state index contributed by atoms with van der Waals surface area (Å²) < 4.78 is 23.9. The maximum atomic E-state index is 15.6. The van der Waals surface area contributed by atoms with E-state index < -0.39 is 37.9 Å². The lowest BCUT2D eigenvalue weighted by Crippen LogP contribution is -2.23. The van der Waals surface area contributed by atoms with Crippen molar-refractivity contribution in [2.75, 3.05) is 6.61 Å². The monoisotopic (exact) mass is 474 g/mol. The Morgan fingerprint density at radius 3 is 2.52 bits per heavy atom. The molecule has 0 unspecified atom stereocenters. The second-order valence-corrected chi connectivity index (χ2v) is 14.8. The summed E-state index contributed by atoms with van der Waals surface area (Å²) in [6, 6.07) is 2.05. The zero-order chi connectivity index (χ0) is 24.7. The molecule has 33 heavy (non-hydrogen) atoms. The van der Waals surface area contributed by atoms with Gasteiger partial charge < -0.3 is 24.7 Å². The number of rotatable bonds is 8. The largest absolute Gasteiger partial charge is 0.493 e. The van der Waals surface area contributed by atoms with Crippen molar-refractivity contribution in [1.82, 2.24) is 14.1 Å². The number of halogens is 1. The van der Waals surface area contributed by atoms with E-state index >= 15 is 4.39 Å². The highest BCUT2D eigenvalue weighted by Gasteiger charge is 2.25. The van der Waals surface area contributed by atoms with Crippen molar-refractivity contribution in [3.63, 3.8) is 0 Å². The summed E-state index contributed by atoms with van der Waals surface area (Å²) in [6.07, 6.45) is 2.61. The summed E-state index contributed by atoms with van der Waals surface area (Å²) in [4.78, 5) is 40.6. The van der Waals surface area contributed by atoms with Crippen molar-refractivity contribution in [2.45, 2.75) is 39.2 Å². The Bertz CT molecular complexity index is 1320. The van der Waals surface area contributed by atoms with Crippen LogP contribution in [0.15, 0.2) is 23.4 Å². The van der Waals surface area contributed by atoms with Gasteiger partial charge in [0, 0.05) is 38.0 Å². The molecule has 0 radical (unpaired) electrons. The molecule has 9 nitrogen and oxygen atoms in total. The van der Waals surface area contributed by atoms with Crippen LogP contribution >= 0.6 is 0 Å². The quantitative estimate of drug-likeness (QED) is 0.483. The number of fused-ring (bicyclic) bond motifs is 1. The first-order valence-corrected chi connectivity index (χ1v) is 14.0. The number of ether oxygens (including phenoxy) is 1. The molecule has 2 aromatic heterocycles. The van der Waals surface area contributed by atoms with E-state index in [1.165, 1.54) is 41.7 Å². The molecule has 2 heterocycles. The Kier molecular flexibility index (Phi) is 6.46. The Labute approximate surface area is 190 Å². The van der Waals surface area contributed by atoms with Crippen molar-refractivity contribution in [1.29, 1.82) is 0 Å². The number of aliphatic carboxylic acids is 1. The molecule has 0 atom stereocenters. The smallest absolute Gasteiger partial charge is 0.323 e. The Morgan fingerprint density at radius 1 is 1.27 bits per heavy atom. The van der Waals surface area contributed by atoms with Gasteiger partial charge in [-0.25, -0.2) is 9.37 Å². The molecule has 176 valence electrons. The number of aryl methyl sites for hydroxylation is 1. The second-order valence-electron chi connectivity index (χ2n) is 9.19. The number of nitrogens with zero attached hydrogens (tertiary/aromatic N) is 3. The van der Waals surface area contributed by atoms with Crippen molar-refractivity contribution < 1.29 is 23.8 Å². The third kappa shape index (κ3) is 4.82. The lowest BCUT2D eigenvalue weighted by molar-refractivity contribution is -0.137. The maximum absolute atomic E-state index is 15.6. The lowest BCUT2D eigenvalue weighted by Gasteiger charge is -2.19. The number of hydrogen-bond donors (Lipinski definition) is 2. The van der Waals surface area contributed by atoms with Crippen LogP contribution in [0, 0.1) is 12.7 Å². The van der Waals surface area contributed by atoms with Gasteiger partial charge >= 0.3 is 5.97 Å². The minimum Gasteiger partial charge on any atom is -0.493 e. The average molecular weight is 475 g/mol. The predicted molar refractivity (Wildman–Crippen MR) is 125 cm³/mol. The van der Waals surface area contributed by atoms with Gasteiger partial charge in [-0.3, -0.25) is 14.4 Å². The number of hydrogen-bond acceptors (Lipinski definition) is 5. The van der Waals surface area contributed by atoms with E-state index in [0.29, 0.717) is 6.61 Å². The first-order chi connectivity index (χ1) is 15.3. The van der Waals surface area contributed by atoms with Crippen LogP contribution in [-0.2, 0) is 18.4 Å². The topological polar surface area (TPSA) is 129 Å². The van der Waals surface area contributed by atoms with Crippen LogP contribution in [0.3, 0.4) is 0 Å². The van der Waals surface area contributed by atoms with Gasteiger partial charge in [-0.05, 0) is 19.0 Å². The molecule has 3 aromatic rings. The predicted octanol–water partition coefficient (Wildman–Crippen LogP) is 2.75. The molecule has 1 aromatic carbocycles. The highest BCUT2D eigenvalue weighted by molar-refractivity contribution is 6.76. The molecule has 0 saturated heterocycles. The van der Waals surface area contributed by atoms with Crippen molar-refractivity contribution in [3.8, 4) is 16.9 Å². The van der Waals surface area contributed by atoms with Crippen molar-refractivity contribution >= 4 is 31.0 Å². The standard InChI is InChI=1S/C22H27FN4O5Si/c1-12-18(23)13(8-14(20(24)30)19(12)32-6-7-33(3,4)5)15-9-27(10-16(28)29)21-17(15)22(31)26(2)11-25-21/h8-9,11H,6-7,10H2,1-5H3,(H2,24,30)(H,28,29). The van der Waals surface area contributed by atoms with Crippen LogP contribution in [0.4, 0.5) is 4.39 Å². The molecular formula is C22H27FN4O5Si. The van der Waals surface area contributed by atoms with E-state index in [9.17, 15) is 19.5 Å². The van der Waals surface area contributed by atoms with Gasteiger partial charge in [0.1, 0.15) is 23.8 Å². The van der Waals surface area contributed by atoms with Gasteiger partial charge in [-0.1, -0.05) is 19.6 Å². The Hall–Kier alpha value is -3.47. The zero-order valence-corrected chi connectivity index (χ0v) is 20.2. The van der Waals surface area contributed by atoms with E-state index in [0.717, 1.165) is 6.04 Å². The molecular weight excluding hydrogens is 447 g/mol. The lowest BCUT2D eigenvalue weighted by atomic mass is 9.98. The highest BCUT2D eigenvalue weighted by Crippen LogP contribution is 2.37. The van der Waals surface area contributed by atoms with E-state index in [1.807, 2.05) is 0 Å². The Balaban J connectivity index is 2.25. The maximum Gasteiger partial charge on any atom is 0.323 e. The summed E-state index contributed by atoms with van der Waals surface area (Å²) in [5, 5.41) is 9.28. The molecule has 3 rings (SSSR count). The van der Waals surface area contributed by atoms with Gasteiger partial charge in [0.25, 0.3) is 11.5 Å². The van der Waals surface area contributed by atoms with E-state index in [-0.39, 0.29) is 39.0 Å². The number of nitrogens with two attached hydrogens (primary N) is 1. The molecule has 0 aliphatic heterocycles. The number of primary amides is 1. The fourth-order valence-electron chi connectivity index (χ4n) is 3.54. The van der Waals surface area contributed by atoms with Crippen LogP contribution in [-0.4, -0.2) is 45.8 Å². The minimum absolute atomic E-state index is 0.0145. The van der Waals surface area contributed by atoms with Crippen molar-refractivity contribution in [3.05, 3.63) is 45.9 Å². The van der Waals surface area contributed by atoms with Crippen LogP contribution in [0.1, 0.15) is 15.9 Å². The molecule has 1 amide bonds. The summed E-state index contributed by atoms with van der Waals surface area (Å²) in [5.74, 6) is -2.57. The summed E-state index contributed by atoms with van der Waals surface area (Å²) in [5.41, 5.74) is 5.33. The fraction of sp³-hybridized carbons (Fsp3) is 0.364. The van der Waals surface area contributed by atoms with Crippen LogP contribution < -0.4 is 16.0 Å². The van der Waals surface area contributed by atoms with E-state index in [1.54, 1.807) is 0 Å². The first kappa shape index (κ1) is 24.2. The normalized spacial score (nSPS) is 11.7. The third-order valence-corrected chi connectivity index (χ3v) is 7.04. The summed E-state index contributed by atoms with van der Waals surface area (Å²) >= 11 is 0. The summed E-state index contributed by atoms with van der Waals surface area (Å²) in [7, 11) is 0.0522. The van der Waals surface area contributed by atoms with E-state index in [4.69, 9.17) is 10.5 Å².